The molecule has 70 valence electrons. The van der Waals surface area contributed by atoms with Gasteiger partial charge in [-0.25, -0.2) is 4.79 Å². The summed E-state index contributed by atoms with van der Waals surface area (Å²) in [5.41, 5.74) is 0. The third-order valence-electron chi connectivity index (χ3n) is 1.40. The maximum atomic E-state index is 11.0. The molecule has 0 saturated heterocycles. The Morgan fingerprint density at radius 3 is 2.17 bits per heavy atom. The number of rotatable bonds is 3. The molecule has 4 nitrogen and oxygen atoms in total. The highest BCUT2D eigenvalue weighted by Crippen LogP contribution is 2.03. The monoisotopic (exact) mass is 191 g/mol. The number of esters is 1. The van der Waals surface area contributed by atoms with Crippen molar-refractivity contribution in [2.24, 2.45) is 5.92 Å². The minimum atomic E-state index is -0.611. The summed E-state index contributed by atoms with van der Waals surface area (Å²) in [4.78, 5) is 21.5. The van der Waals surface area contributed by atoms with Gasteiger partial charge in [-0.1, -0.05) is 26.5 Å². The number of carbonyl (C=O) groups is 2. The molecule has 0 unspecified atom stereocenters. The van der Waals surface area contributed by atoms with E-state index < -0.39 is 17.3 Å². The number of hydrogen-bond acceptors (Lipinski definition) is 3. The van der Waals surface area contributed by atoms with E-state index in [0.717, 1.165) is 0 Å². The van der Waals surface area contributed by atoms with Crippen LogP contribution in [0.1, 0.15) is 13.8 Å². The first-order valence-corrected chi connectivity index (χ1v) is 4.01. The first-order chi connectivity index (χ1) is 5.49. The Morgan fingerprint density at radius 1 is 1.42 bits per heavy atom. The number of thiol groups is 1. The van der Waals surface area contributed by atoms with Gasteiger partial charge in [-0.05, 0) is 5.92 Å². The van der Waals surface area contributed by atoms with Crippen LogP contribution in [0, 0.1) is 5.92 Å². The van der Waals surface area contributed by atoms with Crippen molar-refractivity contribution >= 4 is 23.8 Å². The van der Waals surface area contributed by atoms with Gasteiger partial charge < -0.3 is 10.1 Å². The second kappa shape index (κ2) is 5.03. The van der Waals surface area contributed by atoms with E-state index >= 15 is 0 Å². The maximum Gasteiger partial charge on any atom is 0.328 e. The highest BCUT2D eigenvalue weighted by Gasteiger charge is 2.23. The van der Waals surface area contributed by atoms with E-state index in [1.807, 2.05) is 13.8 Å². The van der Waals surface area contributed by atoms with Gasteiger partial charge in [-0.15, -0.1) is 0 Å². The van der Waals surface area contributed by atoms with Crippen molar-refractivity contribution in [3.63, 3.8) is 0 Å². The lowest BCUT2D eigenvalue weighted by Gasteiger charge is -2.17. The Morgan fingerprint density at radius 2 is 1.92 bits per heavy atom. The minimum Gasteiger partial charge on any atom is -0.467 e. The van der Waals surface area contributed by atoms with Crippen molar-refractivity contribution in [1.82, 2.24) is 5.32 Å². The van der Waals surface area contributed by atoms with Crippen LogP contribution in [-0.4, -0.2) is 24.4 Å². The van der Waals surface area contributed by atoms with Gasteiger partial charge in [0.05, 0.1) is 7.11 Å². The summed E-state index contributed by atoms with van der Waals surface area (Å²) < 4.78 is 4.49. The molecule has 1 amide bonds. The van der Waals surface area contributed by atoms with Crippen molar-refractivity contribution < 1.29 is 14.3 Å². The number of nitrogens with one attached hydrogen (secondary N) is 1. The van der Waals surface area contributed by atoms with Crippen molar-refractivity contribution in [2.45, 2.75) is 19.9 Å². The van der Waals surface area contributed by atoms with Crippen LogP contribution in [0.4, 0.5) is 4.79 Å². The Labute approximate surface area is 77.1 Å². The van der Waals surface area contributed by atoms with Crippen LogP contribution >= 0.6 is 12.6 Å². The van der Waals surface area contributed by atoms with Gasteiger partial charge >= 0.3 is 5.97 Å². The highest BCUT2D eigenvalue weighted by molar-refractivity contribution is 7.96. The molecule has 0 aromatic rings. The van der Waals surface area contributed by atoms with Crippen LogP contribution in [0.15, 0.2) is 0 Å². The smallest absolute Gasteiger partial charge is 0.328 e. The molecule has 1 N–H and O–H groups in total. The van der Waals surface area contributed by atoms with Crippen LogP contribution in [0.3, 0.4) is 0 Å². The lowest BCUT2D eigenvalue weighted by Crippen LogP contribution is -2.42. The van der Waals surface area contributed by atoms with Gasteiger partial charge in [0.15, 0.2) is 0 Å². The SMILES string of the molecule is COC(=O)[C@@H](NC(=O)S)C(C)C. The normalized spacial score (nSPS) is 12.4. The summed E-state index contributed by atoms with van der Waals surface area (Å²) in [6.45, 7) is 3.62. The Bertz CT molecular complexity index is 181. The Balaban J connectivity index is 4.23. The van der Waals surface area contributed by atoms with E-state index in [-0.39, 0.29) is 5.92 Å². The van der Waals surface area contributed by atoms with E-state index in [1.165, 1.54) is 7.11 Å². The Kier molecular flexibility index (Phi) is 4.73. The molecular weight excluding hydrogens is 178 g/mol. The van der Waals surface area contributed by atoms with Crippen LogP contribution < -0.4 is 5.32 Å². The third-order valence-corrected chi connectivity index (χ3v) is 1.53. The summed E-state index contributed by atoms with van der Waals surface area (Å²) in [5, 5.41) is 1.85. The summed E-state index contributed by atoms with van der Waals surface area (Å²) in [6.07, 6.45) is 0. The average Bonchev–Trinajstić information content (AvgIpc) is 1.98. The maximum absolute atomic E-state index is 11.0. The topological polar surface area (TPSA) is 55.4 Å². The molecule has 0 bridgehead atoms. The molecule has 0 aliphatic heterocycles. The summed E-state index contributed by atoms with van der Waals surface area (Å²) >= 11 is 3.51. The molecule has 0 fully saturated rings. The van der Waals surface area contributed by atoms with Gasteiger partial charge in [0.25, 0.3) is 5.24 Å². The van der Waals surface area contributed by atoms with Gasteiger partial charge in [0.1, 0.15) is 6.04 Å². The lowest BCUT2D eigenvalue weighted by atomic mass is 10.1. The predicted molar refractivity (Wildman–Crippen MR) is 48.2 cm³/mol. The quantitative estimate of drug-likeness (QED) is 0.513. The summed E-state index contributed by atoms with van der Waals surface area (Å²) in [6, 6.07) is -0.611. The number of carbonyl (C=O) groups excluding carboxylic acids is 2. The molecule has 5 heteroatoms. The van der Waals surface area contributed by atoms with Gasteiger partial charge in [-0.2, -0.15) is 0 Å². The standard InChI is InChI=1S/C7H13NO3S/c1-4(2)5(6(9)11-3)8-7(10)12/h4-5H,1-3H3,(H2,8,10,12)/t5-/m0/s1. The molecule has 0 aromatic heterocycles. The second-order valence-corrected chi connectivity index (χ2v) is 3.10. The van der Waals surface area contributed by atoms with Gasteiger partial charge in [0, 0.05) is 0 Å². The largest absolute Gasteiger partial charge is 0.467 e. The van der Waals surface area contributed by atoms with E-state index in [4.69, 9.17) is 0 Å². The number of hydrogen-bond donors (Lipinski definition) is 2. The zero-order valence-corrected chi connectivity index (χ0v) is 8.22. The molecule has 1 atom stereocenters. The van der Waals surface area contributed by atoms with Crippen molar-refractivity contribution in [1.29, 1.82) is 0 Å². The van der Waals surface area contributed by atoms with E-state index in [2.05, 4.69) is 22.7 Å². The minimum absolute atomic E-state index is 0.00597. The Hall–Kier alpha value is -0.710. The van der Waals surface area contributed by atoms with Crippen LogP contribution in [-0.2, 0) is 9.53 Å². The van der Waals surface area contributed by atoms with Crippen LogP contribution in [0.5, 0.6) is 0 Å². The first-order valence-electron chi connectivity index (χ1n) is 3.56. The number of ether oxygens (including phenoxy) is 1. The second-order valence-electron chi connectivity index (χ2n) is 2.69. The zero-order valence-electron chi connectivity index (χ0n) is 7.33. The fourth-order valence-corrected chi connectivity index (χ4v) is 0.897. The number of amides is 1. The third kappa shape index (κ3) is 3.61. The predicted octanol–water partition coefficient (Wildman–Crippen LogP) is 0.823. The lowest BCUT2D eigenvalue weighted by molar-refractivity contribution is -0.143. The van der Waals surface area contributed by atoms with Crippen LogP contribution in [0.25, 0.3) is 0 Å². The molecule has 0 heterocycles. The molecule has 0 rings (SSSR count). The first kappa shape index (κ1) is 11.3. The average molecular weight is 191 g/mol. The molecule has 0 aliphatic carbocycles. The zero-order chi connectivity index (χ0) is 9.72. The molecule has 0 spiro atoms. The van der Waals surface area contributed by atoms with E-state index in [0.29, 0.717) is 0 Å². The molecular formula is C7H13NO3S. The molecule has 0 radical (unpaired) electrons. The molecule has 12 heavy (non-hydrogen) atoms. The van der Waals surface area contributed by atoms with Crippen LogP contribution in [0.2, 0.25) is 0 Å². The molecule has 0 aromatic carbocycles. The van der Waals surface area contributed by atoms with Crippen molar-refractivity contribution in [3.05, 3.63) is 0 Å². The summed E-state index contributed by atoms with van der Waals surface area (Å²) in [5.74, 6) is -0.457. The van der Waals surface area contributed by atoms with E-state index in [9.17, 15) is 9.59 Å². The van der Waals surface area contributed by atoms with Crippen molar-refractivity contribution in [2.75, 3.05) is 7.11 Å². The fourth-order valence-electron chi connectivity index (χ4n) is 0.758. The molecule has 0 saturated carbocycles. The van der Waals surface area contributed by atoms with Gasteiger partial charge in [0.2, 0.25) is 0 Å². The van der Waals surface area contributed by atoms with Crippen molar-refractivity contribution in [3.8, 4) is 0 Å². The highest BCUT2D eigenvalue weighted by atomic mass is 32.1. The summed E-state index contributed by atoms with van der Waals surface area (Å²) in [7, 11) is 1.28. The molecule has 0 aliphatic rings. The van der Waals surface area contributed by atoms with E-state index in [1.54, 1.807) is 0 Å². The van der Waals surface area contributed by atoms with Gasteiger partial charge in [-0.3, -0.25) is 4.79 Å². The number of methoxy groups -OCH3 is 1. The fraction of sp³-hybridized carbons (Fsp3) is 0.714.